The van der Waals surface area contributed by atoms with Gasteiger partial charge in [0.2, 0.25) is 0 Å². The quantitative estimate of drug-likeness (QED) is 0.897. The van der Waals surface area contributed by atoms with E-state index in [0.717, 1.165) is 17.7 Å². The summed E-state index contributed by atoms with van der Waals surface area (Å²) >= 11 is 0. The van der Waals surface area contributed by atoms with E-state index in [1.807, 2.05) is 19.9 Å². The van der Waals surface area contributed by atoms with Crippen molar-refractivity contribution in [3.8, 4) is 11.5 Å². The molecule has 0 amide bonds. The number of carboxylic acid groups (broad SMARTS) is 1. The van der Waals surface area contributed by atoms with Crippen LogP contribution in [0.5, 0.6) is 11.5 Å². The highest BCUT2D eigenvalue weighted by molar-refractivity contribution is 5.87. The van der Waals surface area contributed by atoms with Crippen LogP contribution in [0.4, 0.5) is 8.78 Å². The minimum absolute atomic E-state index is 0.248. The highest BCUT2D eigenvalue weighted by atomic mass is 19.1. The molecule has 0 bridgehead atoms. The van der Waals surface area contributed by atoms with Gasteiger partial charge in [-0.1, -0.05) is 26.0 Å². The molecule has 0 aliphatic rings. The lowest BCUT2D eigenvalue weighted by Crippen LogP contribution is -2.01. The van der Waals surface area contributed by atoms with Gasteiger partial charge in [0.15, 0.2) is 17.4 Å². The zero-order chi connectivity index (χ0) is 15.6. The predicted octanol–water partition coefficient (Wildman–Crippen LogP) is 4.58. The van der Waals surface area contributed by atoms with Crippen molar-refractivity contribution in [2.45, 2.75) is 19.8 Å². The lowest BCUT2D eigenvalue weighted by Gasteiger charge is -2.11. The topological polar surface area (TPSA) is 46.5 Å². The van der Waals surface area contributed by atoms with Crippen molar-refractivity contribution >= 4 is 5.97 Å². The van der Waals surface area contributed by atoms with Crippen molar-refractivity contribution in [1.29, 1.82) is 0 Å². The van der Waals surface area contributed by atoms with Crippen LogP contribution in [0.1, 0.15) is 35.7 Å². The van der Waals surface area contributed by atoms with Gasteiger partial charge in [0.1, 0.15) is 5.75 Å². The maximum atomic E-state index is 13.8. The van der Waals surface area contributed by atoms with E-state index in [4.69, 9.17) is 9.84 Å². The average Bonchev–Trinajstić information content (AvgIpc) is 2.42. The first-order valence-electron chi connectivity index (χ1n) is 6.38. The number of aromatic carboxylic acids is 1. The SMILES string of the molecule is CC(C)c1cccc(Oc2c(F)cc(C(=O)O)cc2F)c1. The Morgan fingerprint density at radius 3 is 2.29 bits per heavy atom. The van der Waals surface area contributed by atoms with Gasteiger partial charge in [-0.25, -0.2) is 13.6 Å². The Labute approximate surface area is 120 Å². The fourth-order valence-electron chi connectivity index (χ4n) is 1.84. The van der Waals surface area contributed by atoms with E-state index in [2.05, 4.69) is 0 Å². The minimum atomic E-state index is -1.40. The molecular formula is C16H14F2O3. The highest BCUT2D eigenvalue weighted by Gasteiger charge is 2.17. The molecule has 5 heteroatoms. The highest BCUT2D eigenvalue weighted by Crippen LogP contribution is 2.30. The smallest absolute Gasteiger partial charge is 0.335 e. The number of hydrogen-bond donors (Lipinski definition) is 1. The second kappa shape index (κ2) is 5.91. The van der Waals surface area contributed by atoms with Gasteiger partial charge in [0.05, 0.1) is 5.56 Å². The monoisotopic (exact) mass is 292 g/mol. The van der Waals surface area contributed by atoms with E-state index in [0.29, 0.717) is 5.75 Å². The van der Waals surface area contributed by atoms with Crippen molar-refractivity contribution in [2.75, 3.05) is 0 Å². The van der Waals surface area contributed by atoms with Crippen molar-refractivity contribution < 1.29 is 23.4 Å². The summed E-state index contributed by atoms with van der Waals surface area (Å²) in [5, 5.41) is 8.74. The van der Waals surface area contributed by atoms with Crippen molar-refractivity contribution in [3.63, 3.8) is 0 Å². The van der Waals surface area contributed by atoms with Crippen molar-refractivity contribution in [2.24, 2.45) is 0 Å². The molecule has 0 aliphatic heterocycles. The molecule has 0 atom stereocenters. The maximum absolute atomic E-state index is 13.8. The first-order valence-corrected chi connectivity index (χ1v) is 6.38. The summed E-state index contributed by atoms with van der Waals surface area (Å²) < 4.78 is 32.8. The molecular weight excluding hydrogens is 278 g/mol. The van der Waals surface area contributed by atoms with E-state index >= 15 is 0 Å². The van der Waals surface area contributed by atoms with Crippen LogP contribution in [-0.2, 0) is 0 Å². The number of benzene rings is 2. The Morgan fingerprint density at radius 1 is 1.14 bits per heavy atom. The molecule has 110 valence electrons. The lowest BCUT2D eigenvalue weighted by atomic mass is 10.0. The Balaban J connectivity index is 2.36. The molecule has 0 aliphatic carbocycles. The Morgan fingerprint density at radius 2 is 1.76 bits per heavy atom. The summed E-state index contributed by atoms with van der Waals surface area (Å²) in [4.78, 5) is 10.7. The summed E-state index contributed by atoms with van der Waals surface area (Å²) in [5.74, 6) is -3.58. The van der Waals surface area contributed by atoms with Crippen LogP contribution < -0.4 is 4.74 Å². The maximum Gasteiger partial charge on any atom is 0.335 e. The van der Waals surface area contributed by atoms with Crippen LogP contribution in [0.15, 0.2) is 36.4 Å². The summed E-state index contributed by atoms with van der Waals surface area (Å²) in [6, 6.07) is 8.34. The Kier molecular flexibility index (Phi) is 4.21. The van der Waals surface area contributed by atoms with E-state index in [-0.39, 0.29) is 5.92 Å². The molecule has 2 rings (SSSR count). The number of halogens is 2. The third kappa shape index (κ3) is 3.37. The number of carbonyl (C=O) groups is 1. The summed E-state index contributed by atoms with van der Waals surface area (Å²) in [5.41, 5.74) is 0.503. The summed E-state index contributed by atoms with van der Waals surface area (Å²) in [7, 11) is 0. The number of ether oxygens (including phenoxy) is 1. The Hall–Kier alpha value is -2.43. The van der Waals surface area contributed by atoms with Gasteiger partial charge in [-0.15, -0.1) is 0 Å². The zero-order valence-corrected chi connectivity index (χ0v) is 11.6. The van der Waals surface area contributed by atoms with Gasteiger partial charge in [-0.05, 0) is 35.7 Å². The predicted molar refractivity (Wildman–Crippen MR) is 73.9 cm³/mol. The van der Waals surface area contributed by atoms with Gasteiger partial charge in [0.25, 0.3) is 0 Å². The zero-order valence-electron chi connectivity index (χ0n) is 11.6. The van der Waals surface area contributed by atoms with Crippen molar-refractivity contribution in [3.05, 3.63) is 59.2 Å². The molecule has 0 aromatic heterocycles. The molecule has 3 nitrogen and oxygen atoms in total. The first-order chi connectivity index (χ1) is 9.88. The van der Waals surface area contributed by atoms with Crippen LogP contribution in [0.25, 0.3) is 0 Å². The van der Waals surface area contributed by atoms with Crippen LogP contribution >= 0.6 is 0 Å². The molecule has 0 heterocycles. The van der Waals surface area contributed by atoms with Gasteiger partial charge < -0.3 is 9.84 Å². The normalized spacial score (nSPS) is 10.7. The molecule has 2 aromatic rings. The van der Waals surface area contributed by atoms with Crippen LogP contribution in [0.3, 0.4) is 0 Å². The molecule has 21 heavy (non-hydrogen) atoms. The van der Waals surface area contributed by atoms with E-state index in [1.54, 1.807) is 18.2 Å². The van der Waals surface area contributed by atoms with E-state index in [9.17, 15) is 13.6 Å². The Bertz CT molecular complexity index is 658. The minimum Gasteiger partial charge on any atom is -0.478 e. The fraction of sp³-hybridized carbons (Fsp3) is 0.188. The summed E-state index contributed by atoms with van der Waals surface area (Å²) in [6.07, 6.45) is 0. The second-order valence-electron chi connectivity index (χ2n) is 4.90. The third-order valence-corrected chi connectivity index (χ3v) is 2.99. The van der Waals surface area contributed by atoms with Crippen LogP contribution in [-0.4, -0.2) is 11.1 Å². The number of rotatable bonds is 4. The standard InChI is InChI=1S/C16H14F2O3/c1-9(2)10-4-3-5-12(6-10)21-15-13(17)7-11(16(19)20)8-14(15)18/h3-9H,1-2H3,(H,19,20). The number of hydrogen-bond acceptors (Lipinski definition) is 2. The molecule has 0 radical (unpaired) electrons. The van der Waals surface area contributed by atoms with Crippen LogP contribution in [0, 0.1) is 11.6 Å². The fourth-order valence-corrected chi connectivity index (χ4v) is 1.84. The molecule has 0 fully saturated rings. The van der Waals surface area contributed by atoms with E-state index in [1.165, 1.54) is 0 Å². The molecule has 0 spiro atoms. The van der Waals surface area contributed by atoms with Gasteiger partial charge in [0, 0.05) is 0 Å². The lowest BCUT2D eigenvalue weighted by molar-refractivity contribution is 0.0695. The van der Waals surface area contributed by atoms with Gasteiger partial charge >= 0.3 is 5.97 Å². The summed E-state index contributed by atoms with van der Waals surface area (Å²) in [6.45, 7) is 3.98. The van der Waals surface area contributed by atoms with Gasteiger partial charge in [-0.2, -0.15) is 0 Å². The number of carboxylic acids is 1. The van der Waals surface area contributed by atoms with Gasteiger partial charge in [-0.3, -0.25) is 0 Å². The molecule has 2 aromatic carbocycles. The van der Waals surface area contributed by atoms with Crippen molar-refractivity contribution in [1.82, 2.24) is 0 Å². The molecule has 0 unspecified atom stereocenters. The first kappa shape index (κ1) is 15.0. The second-order valence-corrected chi connectivity index (χ2v) is 4.90. The van der Waals surface area contributed by atoms with Crippen LogP contribution in [0.2, 0.25) is 0 Å². The molecule has 1 N–H and O–H groups in total. The largest absolute Gasteiger partial charge is 0.478 e. The third-order valence-electron chi connectivity index (χ3n) is 2.99. The average molecular weight is 292 g/mol. The molecule has 0 saturated carbocycles. The van der Waals surface area contributed by atoms with E-state index < -0.39 is 28.9 Å². The molecule has 0 saturated heterocycles.